The van der Waals surface area contributed by atoms with Crippen molar-refractivity contribution in [2.45, 2.75) is 18.9 Å². The minimum Gasteiger partial charge on any atom is -0.376 e. The van der Waals surface area contributed by atoms with E-state index in [4.69, 9.17) is 4.74 Å². The number of aromatic amines is 1. The largest absolute Gasteiger partial charge is 0.376 e. The molecule has 0 spiro atoms. The van der Waals surface area contributed by atoms with Crippen LogP contribution in [0.5, 0.6) is 0 Å². The number of rotatable bonds is 4. The third-order valence-electron chi connectivity index (χ3n) is 4.07. The molecule has 0 amide bonds. The van der Waals surface area contributed by atoms with Gasteiger partial charge in [-0.3, -0.25) is 0 Å². The van der Waals surface area contributed by atoms with Crippen molar-refractivity contribution in [1.82, 2.24) is 15.0 Å². The fourth-order valence-electron chi connectivity index (χ4n) is 2.91. The molecule has 3 aromatic rings. The number of hydrogen-bond donors (Lipinski definition) is 2. The van der Waals surface area contributed by atoms with E-state index in [1.165, 1.54) is 5.39 Å². The Labute approximate surface area is 128 Å². The van der Waals surface area contributed by atoms with E-state index in [1.54, 1.807) is 0 Å². The van der Waals surface area contributed by atoms with Crippen LogP contribution in [-0.4, -0.2) is 34.2 Å². The van der Waals surface area contributed by atoms with Gasteiger partial charge in [-0.25, -0.2) is 9.97 Å². The zero-order valence-corrected chi connectivity index (χ0v) is 12.2. The van der Waals surface area contributed by atoms with Crippen molar-refractivity contribution in [1.29, 1.82) is 0 Å². The summed E-state index contributed by atoms with van der Waals surface area (Å²) < 4.78 is 5.59. The zero-order chi connectivity index (χ0) is 14.8. The van der Waals surface area contributed by atoms with Gasteiger partial charge in [0.25, 0.3) is 0 Å². The standard InChI is InChI=1S/C17H18N4O/c1-4-14(15-6-7-18-16(15)5-1)12-9-19-17(20-10-12)21-11-13-3-2-8-22-13/h1,4-7,9-10,13,18H,2-3,8,11H2,(H,19,20,21). The first-order valence-electron chi connectivity index (χ1n) is 7.64. The highest BCUT2D eigenvalue weighted by Crippen LogP contribution is 2.27. The molecule has 1 saturated heterocycles. The van der Waals surface area contributed by atoms with Crippen molar-refractivity contribution in [3.63, 3.8) is 0 Å². The van der Waals surface area contributed by atoms with Crippen LogP contribution < -0.4 is 5.32 Å². The second-order valence-electron chi connectivity index (χ2n) is 5.56. The maximum Gasteiger partial charge on any atom is 0.222 e. The number of fused-ring (bicyclic) bond motifs is 1. The minimum atomic E-state index is 0.289. The fraction of sp³-hybridized carbons (Fsp3) is 0.294. The van der Waals surface area contributed by atoms with E-state index < -0.39 is 0 Å². The molecule has 1 aromatic carbocycles. The smallest absolute Gasteiger partial charge is 0.222 e. The van der Waals surface area contributed by atoms with Crippen molar-refractivity contribution >= 4 is 16.9 Å². The van der Waals surface area contributed by atoms with Gasteiger partial charge in [-0.1, -0.05) is 12.1 Å². The van der Waals surface area contributed by atoms with Gasteiger partial charge < -0.3 is 15.0 Å². The van der Waals surface area contributed by atoms with E-state index in [0.29, 0.717) is 5.95 Å². The Morgan fingerprint density at radius 2 is 2.14 bits per heavy atom. The Morgan fingerprint density at radius 1 is 1.23 bits per heavy atom. The first kappa shape index (κ1) is 13.3. The number of ether oxygens (including phenoxy) is 1. The molecule has 0 saturated carbocycles. The van der Waals surface area contributed by atoms with Crippen LogP contribution in [0.3, 0.4) is 0 Å². The van der Waals surface area contributed by atoms with E-state index in [1.807, 2.05) is 24.7 Å². The first-order chi connectivity index (χ1) is 10.9. The second kappa shape index (κ2) is 5.77. The number of hydrogen-bond acceptors (Lipinski definition) is 4. The lowest BCUT2D eigenvalue weighted by Crippen LogP contribution is -2.19. The number of nitrogens with one attached hydrogen (secondary N) is 2. The van der Waals surface area contributed by atoms with Crippen LogP contribution in [0.4, 0.5) is 5.95 Å². The second-order valence-corrected chi connectivity index (χ2v) is 5.56. The predicted octanol–water partition coefficient (Wildman–Crippen LogP) is 3.22. The summed E-state index contributed by atoms with van der Waals surface area (Å²) in [5.74, 6) is 0.653. The molecule has 0 bridgehead atoms. The lowest BCUT2D eigenvalue weighted by atomic mass is 10.1. The Morgan fingerprint density at radius 3 is 2.95 bits per heavy atom. The van der Waals surface area contributed by atoms with Gasteiger partial charge in [-0.2, -0.15) is 0 Å². The number of nitrogens with zero attached hydrogens (tertiary/aromatic N) is 2. The number of benzene rings is 1. The van der Waals surface area contributed by atoms with E-state index in [0.717, 1.165) is 42.6 Å². The number of anilines is 1. The average Bonchev–Trinajstić information content (AvgIpc) is 3.24. The van der Waals surface area contributed by atoms with Crippen LogP contribution in [0.1, 0.15) is 12.8 Å². The number of H-pyrrole nitrogens is 1. The molecule has 5 nitrogen and oxygen atoms in total. The predicted molar refractivity (Wildman–Crippen MR) is 86.8 cm³/mol. The summed E-state index contributed by atoms with van der Waals surface area (Å²) in [7, 11) is 0. The van der Waals surface area contributed by atoms with Crippen molar-refractivity contribution in [3.05, 3.63) is 42.9 Å². The molecule has 112 valence electrons. The molecular formula is C17H18N4O. The van der Waals surface area contributed by atoms with Gasteiger partial charge in [-0.15, -0.1) is 0 Å². The van der Waals surface area contributed by atoms with Crippen molar-refractivity contribution in [3.8, 4) is 11.1 Å². The topological polar surface area (TPSA) is 62.8 Å². The van der Waals surface area contributed by atoms with Crippen LogP contribution in [0.2, 0.25) is 0 Å². The maximum absolute atomic E-state index is 5.59. The highest BCUT2D eigenvalue weighted by atomic mass is 16.5. The molecule has 1 aliphatic heterocycles. The summed E-state index contributed by atoms with van der Waals surface area (Å²) in [6, 6.07) is 8.28. The minimum absolute atomic E-state index is 0.289. The monoisotopic (exact) mass is 294 g/mol. The molecule has 5 heteroatoms. The molecule has 3 heterocycles. The van der Waals surface area contributed by atoms with Gasteiger partial charge in [0.1, 0.15) is 0 Å². The molecule has 22 heavy (non-hydrogen) atoms. The molecule has 0 aliphatic carbocycles. The maximum atomic E-state index is 5.59. The summed E-state index contributed by atoms with van der Waals surface area (Å²) in [5, 5.41) is 4.43. The van der Waals surface area contributed by atoms with E-state index in [-0.39, 0.29) is 6.10 Å². The van der Waals surface area contributed by atoms with Crippen molar-refractivity contribution < 1.29 is 4.74 Å². The summed E-state index contributed by atoms with van der Waals surface area (Å²) in [6.07, 6.45) is 8.23. The van der Waals surface area contributed by atoms with Crippen LogP contribution in [0.15, 0.2) is 42.9 Å². The first-order valence-corrected chi connectivity index (χ1v) is 7.64. The molecule has 2 aromatic heterocycles. The average molecular weight is 294 g/mol. The van der Waals surface area contributed by atoms with E-state index in [9.17, 15) is 0 Å². The van der Waals surface area contributed by atoms with Gasteiger partial charge in [-0.05, 0) is 30.5 Å². The van der Waals surface area contributed by atoms with Crippen LogP contribution in [0, 0.1) is 0 Å². The quantitative estimate of drug-likeness (QED) is 0.775. The molecule has 1 aliphatic rings. The van der Waals surface area contributed by atoms with Gasteiger partial charge in [0.15, 0.2) is 0 Å². The Bertz CT molecular complexity index is 760. The Kier molecular flexibility index (Phi) is 3.48. The molecule has 0 radical (unpaired) electrons. The van der Waals surface area contributed by atoms with Gasteiger partial charge in [0, 0.05) is 48.2 Å². The third-order valence-corrected chi connectivity index (χ3v) is 4.07. The van der Waals surface area contributed by atoms with Crippen LogP contribution in [-0.2, 0) is 4.74 Å². The van der Waals surface area contributed by atoms with Gasteiger partial charge in [0.05, 0.1) is 6.10 Å². The van der Waals surface area contributed by atoms with Crippen LogP contribution >= 0.6 is 0 Å². The summed E-state index contributed by atoms with van der Waals surface area (Å²) >= 11 is 0. The van der Waals surface area contributed by atoms with E-state index in [2.05, 4.69) is 38.5 Å². The highest BCUT2D eigenvalue weighted by molar-refractivity contribution is 5.94. The number of aromatic nitrogens is 3. The SMILES string of the molecule is c1cc(-c2cnc(NCC3CCCO3)nc2)c2cc[nH]c2c1. The summed E-state index contributed by atoms with van der Waals surface area (Å²) in [4.78, 5) is 12.1. The van der Waals surface area contributed by atoms with Crippen molar-refractivity contribution in [2.24, 2.45) is 0 Å². The molecule has 1 atom stereocenters. The molecule has 4 rings (SSSR count). The zero-order valence-electron chi connectivity index (χ0n) is 12.2. The molecular weight excluding hydrogens is 276 g/mol. The lowest BCUT2D eigenvalue weighted by Gasteiger charge is -2.10. The molecule has 1 unspecified atom stereocenters. The van der Waals surface area contributed by atoms with Gasteiger partial charge in [0.2, 0.25) is 5.95 Å². The normalized spacial score (nSPS) is 17.9. The van der Waals surface area contributed by atoms with Gasteiger partial charge >= 0.3 is 0 Å². The van der Waals surface area contributed by atoms with Crippen molar-refractivity contribution in [2.75, 3.05) is 18.5 Å². The summed E-state index contributed by atoms with van der Waals surface area (Å²) in [6.45, 7) is 1.64. The summed E-state index contributed by atoms with van der Waals surface area (Å²) in [5.41, 5.74) is 3.29. The molecule has 2 N–H and O–H groups in total. The van der Waals surface area contributed by atoms with E-state index >= 15 is 0 Å². The van der Waals surface area contributed by atoms with Crippen LogP contribution in [0.25, 0.3) is 22.0 Å². The fourth-order valence-corrected chi connectivity index (χ4v) is 2.91. The Hall–Kier alpha value is -2.40. The third kappa shape index (κ3) is 2.55. The lowest BCUT2D eigenvalue weighted by molar-refractivity contribution is 0.120. The highest BCUT2D eigenvalue weighted by Gasteiger charge is 2.15. The molecule has 1 fully saturated rings. The Balaban J connectivity index is 1.52.